The fraction of sp³-hybridized carbons (Fsp3) is 0.867. The predicted octanol–water partition coefficient (Wildman–Crippen LogP) is 8.15. The number of thioether (sulfide) groups is 1. The van der Waals surface area contributed by atoms with Crippen LogP contribution in [-0.2, 0) is 9.53 Å². The van der Waals surface area contributed by atoms with E-state index in [1.165, 1.54) is 69.2 Å². The third-order valence-electron chi connectivity index (χ3n) is 10.8. The number of hydrogen-bond donors (Lipinski definition) is 0. The summed E-state index contributed by atoms with van der Waals surface area (Å²) in [6.07, 6.45) is 14.9. The van der Waals surface area contributed by atoms with Crippen LogP contribution >= 0.6 is 11.8 Å². The topological polar surface area (TPSA) is 50.1 Å². The van der Waals surface area contributed by atoms with Crippen molar-refractivity contribution in [1.29, 1.82) is 5.26 Å². The zero-order valence-corrected chi connectivity index (χ0v) is 23.3. The number of rotatable bonds is 7. The molecule has 0 amide bonds. The molecule has 0 radical (unpaired) electrons. The second kappa shape index (κ2) is 10.2. The first-order valence-corrected chi connectivity index (χ1v) is 14.9. The third-order valence-corrected chi connectivity index (χ3v) is 11.6. The van der Waals surface area contributed by atoms with E-state index >= 15 is 0 Å². The molecule has 0 aromatic heterocycles. The van der Waals surface area contributed by atoms with Crippen LogP contribution in [0.4, 0.5) is 0 Å². The Morgan fingerprint density at radius 3 is 2.59 bits per heavy atom. The summed E-state index contributed by atoms with van der Waals surface area (Å²) in [5.74, 6) is 4.26. The van der Waals surface area contributed by atoms with Crippen molar-refractivity contribution in [3.63, 3.8) is 0 Å². The van der Waals surface area contributed by atoms with Crippen molar-refractivity contribution in [3.8, 4) is 5.40 Å². The molecule has 0 aromatic carbocycles. The maximum absolute atomic E-state index is 11.6. The summed E-state index contributed by atoms with van der Waals surface area (Å²) in [6, 6.07) is 0. The second-order valence-corrected chi connectivity index (χ2v) is 14.0. The standard InChI is InChI=1S/C30H47NO2S/c1-19(2)8-7-9-20(3)24-10-11-25-28-26(13-15-30(24,25)6)29(5)14-12-23(33-21(4)32)16-22(29)17-27(28)34-18-31/h17,19-20,23-28H,7-16H2,1-6H3/t20-,23-,24+,25-,26-,27-,28-,29-,30+/m0/s1. The lowest BCUT2D eigenvalue weighted by Gasteiger charge is -2.60. The van der Waals surface area contributed by atoms with E-state index in [-0.39, 0.29) is 22.7 Å². The number of thiocyanates is 1. The third kappa shape index (κ3) is 4.72. The van der Waals surface area contributed by atoms with E-state index in [0.717, 1.165) is 42.9 Å². The molecule has 0 unspecified atom stereocenters. The van der Waals surface area contributed by atoms with E-state index in [0.29, 0.717) is 17.3 Å². The minimum absolute atomic E-state index is 0.0116. The molecular formula is C30H47NO2S. The number of nitriles is 1. The van der Waals surface area contributed by atoms with E-state index in [1.807, 2.05) is 0 Å². The Labute approximate surface area is 212 Å². The summed E-state index contributed by atoms with van der Waals surface area (Å²) >= 11 is 1.50. The molecule has 4 aliphatic rings. The number of carbonyl (C=O) groups excluding carboxylic acids is 1. The summed E-state index contributed by atoms with van der Waals surface area (Å²) in [6.45, 7) is 13.9. The molecule has 34 heavy (non-hydrogen) atoms. The maximum Gasteiger partial charge on any atom is 0.302 e. The van der Waals surface area contributed by atoms with Crippen LogP contribution in [0.2, 0.25) is 0 Å². The number of carbonyl (C=O) groups is 1. The van der Waals surface area contributed by atoms with Crippen LogP contribution in [0.1, 0.15) is 106 Å². The van der Waals surface area contributed by atoms with Gasteiger partial charge in [-0.2, -0.15) is 5.26 Å². The molecule has 3 saturated carbocycles. The molecular weight excluding hydrogens is 438 g/mol. The van der Waals surface area contributed by atoms with Crippen LogP contribution < -0.4 is 0 Å². The van der Waals surface area contributed by atoms with Crippen molar-refractivity contribution >= 4 is 17.7 Å². The molecule has 0 N–H and O–H groups in total. The van der Waals surface area contributed by atoms with Gasteiger partial charge in [0.05, 0.1) is 0 Å². The minimum atomic E-state index is -0.168. The van der Waals surface area contributed by atoms with E-state index in [1.54, 1.807) is 0 Å². The minimum Gasteiger partial charge on any atom is -0.462 e. The first-order chi connectivity index (χ1) is 16.1. The molecule has 4 rings (SSSR count). The molecule has 0 aromatic rings. The van der Waals surface area contributed by atoms with Gasteiger partial charge in [0.1, 0.15) is 11.5 Å². The maximum atomic E-state index is 11.6. The Morgan fingerprint density at radius 1 is 1.15 bits per heavy atom. The van der Waals surface area contributed by atoms with Gasteiger partial charge in [0.15, 0.2) is 0 Å². The van der Waals surface area contributed by atoms with Gasteiger partial charge in [-0.15, -0.1) is 0 Å². The van der Waals surface area contributed by atoms with Crippen LogP contribution in [0.3, 0.4) is 0 Å². The van der Waals surface area contributed by atoms with Crippen molar-refractivity contribution in [2.75, 3.05) is 0 Å². The molecule has 0 saturated heterocycles. The molecule has 3 fully saturated rings. The number of fused-ring (bicyclic) bond motifs is 5. The van der Waals surface area contributed by atoms with E-state index in [2.05, 4.69) is 46.1 Å². The van der Waals surface area contributed by atoms with Gasteiger partial charge in [0, 0.05) is 18.6 Å². The van der Waals surface area contributed by atoms with Crippen molar-refractivity contribution in [2.24, 2.45) is 46.3 Å². The normalized spacial score (nSPS) is 42.1. The summed E-state index contributed by atoms with van der Waals surface area (Å²) in [7, 11) is 0. The fourth-order valence-corrected chi connectivity index (χ4v) is 10.0. The molecule has 190 valence electrons. The van der Waals surface area contributed by atoms with E-state index in [4.69, 9.17) is 4.74 Å². The number of ether oxygens (including phenoxy) is 1. The largest absolute Gasteiger partial charge is 0.462 e. The lowest BCUT2D eigenvalue weighted by Crippen LogP contribution is -2.54. The lowest BCUT2D eigenvalue weighted by atomic mass is 9.46. The van der Waals surface area contributed by atoms with Gasteiger partial charge >= 0.3 is 5.97 Å². The second-order valence-electron chi connectivity index (χ2n) is 13.1. The SMILES string of the molecule is CC(=O)O[C@H]1CC[C@@]2(C)C(=C[C@H](SC#N)[C@H]3[C@@H]4CC[C@H]([C@@H](C)CCCC(C)C)[C@@]4(C)CC[C@@H]32)C1. The Kier molecular flexibility index (Phi) is 7.83. The van der Waals surface area contributed by atoms with Gasteiger partial charge < -0.3 is 4.74 Å². The van der Waals surface area contributed by atoms with Crippen LogP contribution in [0.15, 0.2) is 11.6 Å². The average molecular weight is 486 g/mol. The molecule has 0 bridgehead atoms. The van der Waals surface area contributed by atoms with Crippen LogP contribution in [-0.4, -0.2) is 17.3 Å². The van der Waals surface area contributed by atoms with Crippen LogP contribution in [0, 0.1) is 57.0 Å². The van der Waals surface area contributed by atoms with Crippen molar-refractivity contribution in [3.05, 3.63) is 11.6 Å². The summed E-state index contributed by atoms with van der Waals surface area (Å²) < 4.78 is 5.64. The molecule has 0 heterocycles. The summed E-state index contributed by atoms with van der Waals surface area (Å²) in [5, 5.41) is 12.5. The summed E-state index contributed by atoms with van der Waals surface area (Å²) in [5.41, 5.74) is 2.10. The van der Waals surface area contributed by atoms with Gasteiger partial charge in [-0.05, 0) is 96.6 Å². The molecule has 0 aliphatic heterocycles. The Balaban J connectivity index is 1.58. The number of hydrogen-bond acceptors (Lipinski definition) is 4. The highest BCUT2D eigenvalue weighted by Gasteiger charge is 2.61. The van der Waals surface area contributed by atoms with E-state index in [9.17, 15) is 10.1 Å². The lowest BCUT2D eigenvalue weighted by molar-refractivity contribution is -0.148. The molecule has 3 nitrogen and oxygen atoms in total. The van der Waals surface area contributed by atoms with Crippen molar-refractivity contribution in [1.82, 2.24) is 0 Å². The quantitative estimate of drug-likeness (QED) is 0.207. The Bertz CT molecular complexity index is 830. The highest BCUT2D eigenvalue weighted by Crippen LogP contribution is 2.68. The molecule has 4 heteroatoms. The van der Waals surface area contributed by atoms with Gasteiger partial charge in [-0.25, -0.2) is 0 Å². The Hall–Kier alpha value is -0.950. The van der Waals surface area contributed by atoms with Gasteiger partial charge in [0.25, 0.3) is 0 Å². The fourth-order valence-electron chi connectivity index (χ4n) is 9.12. The van der Waals surface area contributed by atoms with E-state index < -0.39 is 0 Å². The highest BCUT2D eigenvalue weighted by atomic mass is 32.2. The van der Waals surface area contributed by atoms with Gasteiger partial charge in [-0.3, -0.25) is 4.79 Å². The van der Waals surface area contributed by atoms with Crippen molar-refractivity contribution in [2.45, 2.75) is 117 Å². The first kappa shape index (κ1) is 26.1. The van der Waals surface area contributed by atoms with Gasteiger partial charge in [0.2, 0.25) is 0 Å². The molecule has 4 aliphatic carbocycles. The number of nitrogens with zero attached hydrogens (tertiary/aromatic N) is 1. The average Bonchev–Trinajstić information content (AvgIpc) is 3.11. The van der Waals surface area contributed by atoms with Crippen molar-refractivity contribution < 1.29 is 9.53 Å². The smallest absolute Gasteiger partial charge is 0.302 e. The zero-order valence-electron chi connectivity index (χ0n) is 22.4. The number of esters is 1. The predicted molar refractivity (Wildman–Crippen MR) is 141 cm³/mol. The first-order valence-electron chi connectivity index (χ1n) is 14.0. The van der Waals surface area contributed by atoms with Crippen LogP contribution in [0.5, 0.6) is 0 Å². The summed E-state index contributed by atoms with van der Waals surface area (Å²) in [4.78, 5) is 11.6. The van der Waals surface area contributed by atoms with Gasteiger partial charge in [-0.1, -0.05) is 65.5 Å². The molecule has 9 atom stereocenters. The highest BCUT2D eigenvalue weighted by molar-refractivity contribution is 8.04. The van der Waals surface area contributed by atoms with Crippen LogP contribution in [0.25, 0.3) is 0 Å². The monoisotopic (exact) mass is 485 g/mol. The zero-order chi connectivity index (χ0) is 24.7. The molecule has 0 spiro atoms. The Morgan fingerprint density at radius 2 is 1.91 bits per heavy atom.